The maximum atomic E-state index is 6.55. The van der Waals surface area contributed by atoms with Crippen LogP contribution in [0.3, 0.4) is 0 Å². The van der Waals surface area contributed by atoms with Crippen LogP contribution in [0.15, 0.2) is 229 Å². The zero-order chi connectivity index (χ0) is 45.9. The van der Waals surface area contributed by atoms with E-state index in [-0.39, 0.29) is 5.41 Å². The van der Waals surface area contributed by atoms with E-state index in [0.29, 0.717) is 0 Å². The fraction of sp³-hybridized carbons (Fsp3) is 0.147. The second-order valence-corrected chi connectivity index (χ2v) is 20.9. The number of anilines is 3. The third-order valence-corrected chi connectivity index (χ3v) is 17.2. The van der Waals surface area contributed by atoms with Gasteiger partial charge in [-0.3, -0.25) is 0 Å². The van der Waals surface area contributed by atoms with Gasteiger partial charge in [0, 0.05) is 22.2 Å². The van der Waals surface area contributed by atoms with Crippen LogP contribution in [0.4, 0.5) is 17.1 Å². The van der Waals surface area contributed by atoms with Crippen molar-refractivity contribution in [1.82, 2.24) is 0 Å². The third-order valence-electron chi connectivity index (χ3n) is 17.2. The molecule has 1 heterocycles. The summed E-state index contributed by atoms with van der Waals surface area (Å²) in [7, 11) is 0. The van der Waals surface area contributed by atoms with Crippen LogP contribution in [0, 0.1) is 23.7 Å². The Bertz CT molecular complexity index is 3820. The van der Waals surface area contributed by atoms with Crippen LogP contribution in [0.1, 0.15) is 43.2 Å². The number of benzene rings is 10. The molecule has 2 heteroatoms. The minimum atomic E-state index is 0.154. The Balaban J connectivity index is 0.908. The second-order valence-electron chi connectivity index (χ2n) is 20.9. The predicted octanol–water partition coefficient (Wildman–Crippen LogP) is 18.6. The van der Waals surface area contributed by atoms with E-state index in [1.807, 2.05) is 0 Å². The van der Waals surface area contributed by atoms with Crippen LogP contribution < -0.4 is 4.90 Å². The van der Waals surface area contributed by atoms with Crippen molar-refractivity contribution in [2.24, 2.45) is 23.7 Å². The van der Waals surface area contributed by atoms with Crippen molar-refractivity contribution < 1.29 is 4.42 Å². The van der Waals surface area contributed by atoms with Gasteiger partial charge in [-0.05, 0) is 194 Å². The molecule has 4 fully saturated rings. The molecule has 2 nitrogen and oxygen atoms in total. The molecule has 11 aromatic rings. The van der Waals surface area contributed by atoms with Gasteiger partial charge in [0.15, 0.2) is 0 Å². The summed E-state index contributed by atoms with van der Waals surface area (Å²) in [6, 6.07) is 83.5. The lowest BCUT2D eigenvalue weighted by Gasteiger charge is -2.61. The van der Waals surface area contributed by atoms with Crippen LogP contribution in [-0.4, -0.2) is 0 Å². The van der Waals surface area contributed by atoms with Crippen molar-refractivity contribution in [3.8, 4) is 55.6 Å². The van der Waals surface area contributed by atoms with E-state index in [1.165, 1.54) is 92.9 Å². The molecular weight excluding hydrogens is 847 g/mol. The molecule has 4 saturated carbocycles. The number of para-hydroxylation sites is 1. The van der Waals surface area contributed by atoms with Crippen molar-refractivity contribution in [3.63, 3.8) is 0 Å². The molecule has 0 amide bonds. The number of nitrogens with zero attached hydrogens (tertiary/aromatic N) is 1. The number of hydrogen-bond donors (Lipinski definition) is 0. The standard InChI is InChI=1S/C68H51NO/c1-3-13-45(14-4-1)46-25-27-47(28-26-46)49-17-11-18-55(39-49)69(64-22-12-24-66-67(64)59-20-8-10-23-65(59)70-66)56-30-31-57-52(40-56)38-51(42-60(57)48-15-5-2-6-16-48)50-29-32-63-61(41-50)58-19-7-9-21-62(58)68(63)53-34-43-33-44(36-53)37-54(68)35-43/h1-32,38-44,53-54H,33-37H2. The molecule has 0 unspecified atom stereocenters. The second kappa shape index (κ2) is 15.5. The highest BCUT2D eigenvalue weighted by atomic mass is 16.3. The molecule has 5 aliphatic carbocycles. The van der Waals surface area contributed by atoms with Crippen LogP contribution in [-0.2, 0) is 5.41 Å². The summed E-state index contributed by atoms with van der Waals surface area (Å²) in [6.45, 7) is 0. The molecule has 10 aromatic carbocycles. The van der Waals surface area contributed by atoms with Gasteiger partial charge in [-0.25, -0.2) is 0 Å². The molecule has 1 spiro atoms. The van der Waals surface area contributed by atoms with E-state index >= 15 is 0 Å². The van der Waals surface area contributed by atoms with Gasteiger partial charge in [-0.2, -0.15) is 0 Å². The van der Waals surface area contributed by atoms with Gasteiger partial charge in [0.25, 0.3) is 0 Å². The molecule has 1 aromatic heterocycles. The fourth-order valence-corrected chi connectivity index (χ4v) is 14.5. The Labute approximate surface area is 409 Å². The predicted molar refractivity (Wildman–Crippen MR) is 291 cm³/mol. The van der Waals surface area contributed by atoms with Gasteiger partial charge in [0.05, 0.1) is 11.1 Å². The molecular formula is C68H51NO. The number of rotatable bonds is 7. The molecule has 4 bridgehead atoms. The third kappa shape index (κ3) is 6.05. The Hall–Kier alpha value is -7.94. The molecule has 0 saturated heterocycles. The number of hydrogen-bond acceptors (Lipinski definition) is 2. The lowest BCUT2D eigenvalue weighted by atomic mass is 9.43. The first-order chi connectivity index (χ1) is 34.6. The smallest absolute Gasteiger partial charge is 0.137 e. The van der Waals surface area contributed by atoms with Crippen molar-refractivity contribution in [1.29, 1.82) is 0 Å². The number of furan rings is 1. The zero-order valence-electron chi connectivity index (χ0n) is 39.1. The van der Waals surface area contributed by atoms with Gasteiger partial charge in [0.1, 0.15) is 11.2 Å². The average Bonchev–Trinajstić information content (AvgIpc) is 3.95. The van der Waals surface area contributed by atoms with Crippen molar-refractivity contribution in [2.45, 2.75) is 37.5 Å². The summed E-state index contributed by atoms with van der Waals surface area (Å²) in [5, 5.41) is 4.64. The monoisotopic (exact) mass is 897 g/mol. The van der Waals surface area contributed by atoms with Gasteiger partial charge < -0.3 is 9.32 Å². The minimum Gasteiger partial charge on any atom is -0.456 e. The Morgan fingerprint density at radius 2 is 0.943 bits per heavy atom. The molecule has 70 heavy (non-hydrogen) atoms. The van der Waals surface area contributed by atoms with Gasteiger partial charge in [0.2, 0.25) is 0 Å². The summed E-state index contributed by atoms with van der Waals surface area (Å²) in [6.07, 6.45) is 7.04. The van der Waals surface area contributed by atoms with Crippen LogP contribution >= 0.6 is 0 Å². The molecule has 0 radical (unpaired) electrons. The first kappa shape index (κ1) is 40.0. The highest BCUT2D eigenvalue weighted by Crippen LogP contribution is 2.69. The molecule has 0 aliphatic heterocycles. The van der Waals surface area contributed by atoms with Crippen LogP contribution in [0.2, 0.25) is 0 Å². The van der Waals surface area contributed by atoms with E-state index in [2.05, 4.69) is 229 Å². The minimum absolute atomic E-state index is 0.154. The van der Waals surface area contributed by atoms with Gasteiger partial charge in [-0.15, -0.1) is 0 Å². The summed E-state index contributed by atoms with van der Waals surface area (Å²) < 4.78 is 6.55. The highest BCUT2D eigenvalue weighted by molar-refractivity contribution is 6.14. The van der Waals surface area contributed by atoms with E-state index in [9.17, 15) is 0 Å². The Morgan fingerprint density at radius 1 is 0.357 bits per heavy atom. The van der Waals surface area contributed by atoms with E-state index in [0.717, 1.165) is 68.2 Å². The first-order valence-electron chi connectivity index (χ1n) is 25.5. The van der Waals surface area contributed by atoms with Gasteiger partial charge in [-0.1, -0.05) is 164 Å². The quantitative estimate of drug-likeness (QED) is 0.158. The zero-order valence-corrected chi connectivity index (χ0v) is 39.1. The van der Waals surface area contributed by atoms with Crippen molar-refractivity contribution in [3.05, 3.63) is 236 Å². The lowest BCUT2D eigenvalue weighted by Crippen LogP contribution is -2.55. The van der Waals surface area contributed by atoms with E-state index < -0.39 is 0 Å². The summed E-state index contributed by atoms with van der Waals surface area (Å²) in [4.78, 5) is 2.44. The van der Waals surface area contributed by atoms with E-state index in [1.54, 1.807) is 11.1 Å². The molecule has 0 atom stereocenters. The summed E-state index contributed by atoms with van der Waals surface area (Å²) in [5.41, 5.74) is 21.0. The normalized spacial score (nSPS) is 20.6. The van der Waals surface area contributed by atoms with Crippen molar-refractivity contribution in [2.75, 3.05) is 4.90 Å². The summed E-state index contributed by atoms with van der Waals surface area (Å²) in [5.74, 6) is 3.34. The topological polar surface area (TPSA) is 16.4 Å². The van der Waals surface area contributed by atoms with Crippen LogP contribution in [0.25, 0.3) is 88.3 Å². The average molecular weight is 898 g/mol. The molecule has 5 aliphatic rings. The van der Waals surface area contributed by atoms with Crippen LogP contribution in [0.5, 0.6) is 0 Å². The summed E-state index contributed by atoms with van der Waals surface area (Å²) >= 11 is 0. The molecule has 0 N–H and O–H groups in total. The molecule has 334 valence electrons. The Morgan fingerprint density at radius 3 is 1.74 bits per heavy atom. The lowest BCUT2D eigenvalue weighted by molar-refractivity contribution is -0.0399. The van der Waals surface area contributed by atoms with Gasteiger partial charge >= 0.3 is 0 Å². The van der Waals surface area contributed by atoms with E-state index in [4.69, 9.17) is 4.42 Å². The maximum Gasteiger partial charge on any atom is 0.137 e. The highest BCUT2D eigenvalue weighted by Gasteiger charge is 2.61. The Kier molecular flexibility index (Phi) is 8.88. The largest absolute Gasteiger partial charge is 0.456 e. The molecule has 16 rings (SSSR count). The SMILES string of the molecule is c1ccc(-c2ccc(-c3cccc(N(c4ccc5c(-c6ccccc6)cc(-c6ccc7c(c6)-c6ccccc6C76C7CC8CC(C7)CC6C8)cc5c4)c4cccc5oc6ccccc6c45)c3)cc2)cc1. The maximum absolute atomic E-state index is 6.55. The number of fused-ring (bicyclic) bond motifs is 7. The fourth-order valence-electron chi connectivity index (χ4n) is 14.5. The first-order valence-corrected chi connectivity index (χ1v) is 25.5. The van der Waals surface area contributed by atoms with Crippen molar-refractivity contribution >= 4 is 49.8 Å².